The predicted octanol–water partition coefficient (Wildman–Crippen LogP) is 3.73. The molecule has 0 aromatic heterocycles. The first-order valence-electron chi connectivity index (χ1n) is 6.63. The second-order valence-corrected chi connectivity index (χ2v) is 6.80. The first kappa shape index (κ1) is 13.0. The summed E-state index contributed by atoms with van der Waals surface area (Å²) in [5.41, 5.74) is 1.55. The molecule has 1 aliphatic rings. The van der Waals surface area contributed by atoms with Gasteiger partial charge in [0, 0.05) is 16.2 Å². The Labute approximate surface area is 109 Å². The van der Waals surface area contributed by atoms with E-state index < -0.39 is 0 Å². The lowest BCUT2D eigenvalue weighted by atomic mass is 10.0. The minimum atomic E-state index is 0.603. The first-order valence-corrected chi connectivity index (χ1v) is 7.51. The van der Waals surface area contributed by atoms with E-state index in [1.807, 2.05) is 0 Å². The van der Waals surface area contributed by atoms with Crippen LogP contribution >= 0.6 is 11.8 Å². The van der Waals surface area contributed by atoms with Gasteiger partial charge in [-0.1, -0.05) is 39.0 Å². The smallest absolute Gasteiger partial charge is 0.0138 e. The van der Waals surface area contributed by atoms with E-state index in [0.29, 0.717) is 6.04 Å². The topological polar surface area (TPSA) is 12.0 Å². The van der Waals surface area contributed by atoms with Crippen molar-refractivity contribution in [1.29, 1.82) is 0 Å². The van der Waals surface area contributed by atoms with E-state index in [9.17, 15) is 0 Å². The molecule has 1 aliphatic heterocycles. The van der Waals surface area contributed by atoms with Gasteiger partial charge in [0.15, 0.2) is 0 Å². The van der Waals surface area contributed by atoms with Crippen LogP contribution in [0, 0.1) is 5.92 Å². The monoisotopic (exact) mass is 249 g/mol. The Hall–Kier alpha value is -0.470. The lowest BCUT2D eigenvalue weighted by molar-refractivity contribution is 0.449. The van der Waals surface area contributed by atoms with Gasteiger partial charge in [0.25, 0.3) is 0 Å². The van der Waals surface area contributed by atoms with Crippen molar-refractivity contribution in [2.45, 2.75) is 49.8 Å². The van der Waals surface area contributed by atoms with Gasteiger partial charge < -0.3 is 5.32 Å². The normalized spacial score (nSPS) is 20.6. The molecule has 2 atom stereocenters. The van der Waals surface area contributed by atoms with Crippen LogP contribution in [-0.2, 0) is 6.42 Å². The van der Waals surface area contributed by atoms with Crippen molar-refractivity contribution in [2.24, 2.45) is 5.92 Å². The van der Waals surface area contributed by atoms with Gasteiger partial charge >= 0.3 is 0 Å². The highest BCUT2D eigenvalue weighted by Gasteiger charge is 2.23. The molecule has 0 saturated carbocycles. The lowest BCUT2D eigenvalue weighted by Crippen LogP contribution is -2.29. The summed E-state index contributed by atoms with van der Waals surface area (Å²) in [4.78, 5) is 1.50. The van der Waals surface area contributed by atoms with Crippen LogP contribution in [0.25, 0.3) is 0 Å². The highest BCUT2D eigenvalue weighted by molar-refractivity contribution is 8.00. The fourth-order valence-corrected chi connectivity index (χ4v) is 3.86. The summed E-state index contributed by atoms with van der Waals surface area (Å²) in [6, 6.07) is 9.45. The third-order valence-electron chi connectivity index (χ3n) is 3.25. The molecule has 0 fully saturated rings. The number of thioether (sulfide) groups is 1. The number of benzene rings is 1. The Kier molecular flexibility index (Phi) is 4.52. The Morgan fingerprint density at radius 3 is 2.76 bits per heavy atom. The van der Waals surface area contributed by atoms with E-state index in [1.165, 1.54) is 17.7 Å². The molecule has 0 bridgehead atoms. The van der Waals surface area contributed by atoms with Crippen molar-refractivity contribution >= 4 is 11.8 Å². The lowest BCUT2D eigenvalue weighted by Gasteiger charge is -2.17. The standard InChI is InChI=1S/C15H23NS/c1-11(2)16-10-12(3)8-14-9-13-6-4-5-7-15(13)17-14/h4-7,11-12,14,16H,8-10H2,1-3H3. The van der Waals surface area contributed by atoms with Gasteiger partial charge in [-0.2, -0.15) is 0 Å². The average Bonchev–Trinajstić information content (AvgIpc) is 2.68. The van der Waals surface area contributed by atoms with Gasteiger partial charge in [-0.3, -0.25) is 0 Å². The molecule has 2 rings (SSSR count). The van der Waals surface area contributed by atoms with Crippen molar-refractivity contribution in [3.63, 3.8) is 0 Å². The molecular weight excluding hydrogens is 226 g/mol. The molecule has 1 aromatic carbocycles. The van der Waals surface area contributed by atoms with E-state index in [4.69, 9.17) is 0 Å². The molecule has 1 aromatic rings. The van der Waals surface area contributed by atoms with Crippen LogP contribution in [0.15, 0.2) is 29.2 Å². The molecule has 1 heterocycles. The maximum atomic E-state index is 3.53. The van der Waals surface area contributed by atoms with Crippen molar-refractivity contribution in [3.05, 3.63) is 29.8 Å². The SMILES string of the molecule is CC(CNC(C)C)CC1Cc2ccccc2S1. The van der Waals surface area contributed by atoms with E-state index >= 15 is 0 Å². The fraction of sp³-hybridized carbons (Fsp3) is 0.600. The number of nitrogens with one attached hydrogen (secondary N) is 1. The predicted molar refractivity (Wildman–Crippen MR) is 76.7 cm³/mol. The molecule has 0 spiro atoms. The highest BCUT2D eigenvalue weighted by atomic mass is 32.2. The van der Waals surface area contributed by atoms with Crippen molar-refractivity contribution in [1.82, 2.24) is 5.32 Å². The highest BCUT2D eigenvalue weighted by Crippen LogP contribution is 2.39. The number of hydrogen-bond acceptors (Lipinski definition) is 2. The quantitative estimate of drug-likeness (QED) is 0.853. The third kappa shape index (κ3) is 3.75. The Morgan fingerprint density at radius 2 is 2.06 bits per heavy atom. The summed E-state index contributed by atoms with van der Waals surface area (Å²) < 4.78 is 0. The Morgan fingerprint density at radius 1 is 1.29 bits per heavy atom. The summed E-state index contributed by atoms with van der Waals surface area (Å²) in [6.45, 7) is 7.93. The van der Waals surface area contributed by atoms with E-state index in [2.05, 4.69) is 62.1 Å². The summed E-state index contributed by atoms with van der Waals surface area (Å²) in [5, 5.41) is 4.32. The molecule has 2 heteroatoms. The molecule has 2 unspecified atom stereocenters. The van der Waals surface area contributed by atoms with Gasteiger partial charge in [-0.15, -0.1) is 11.8 Å². The van der Waals surface area contributed by atoms with Crippen molar-refractivity contribution in [3.8, 4) is 0 Å². The summed E-state index contributed by atoms with van der Waals surface area (Å²) in [7, 11) is 0. The number of hydrogen-bond donors (Lipinski definition) is 1. The number of rotatable bonds is 5. The van der Waals surface area contributed by atoms with E-state index in [1.54, 1.807) is 5.56 Å². The van der Waals surface area contributed by atoms with Crippen LogP contribution < -0.4 is 5.32 Å². The molecule has 0 aliphatic carbocycles. The van der Waals surface area contributed by atoms with Gasteiger partial charge in [-0.25, -0.2) is 0 Å². The molecule has 1 N–H and O–H groups in total. The van der Waals surface area contributed by atoms with E-state index in [-0.39, 0.29) is 0 Å². The van der Waals surface area contributed by atoms with Crippen molar-refractivity contribution in [2.75, 3.05) is 6.54 Å². The maximum absolute atomic E-state index is 3.53. The van der Waals surface area contributed by atoms with Gasteiger partial charge in [0.1, 0.15) is 0 Å². The van der Waals surface area contributed by atoms with Crippen LogP contribution in [0.2, 0.25) is 0 Å². The van der Waals surface area contributed by atoms with Crippen LogP contribution in [0.4, 0.5) is 0 Å². The van der Waals surface area contributed by atoms with Crippen molar-refractivity contribution < 1.29 is 0 Å². The second kappa shape index (κ2) is 5.92. The molecular formula is C15H23NS. The van der Waals surface area contributed by atoms with Gasteiger partial charge in [0.05, 0.1) is 0 Å². The molecule has 0 saturated heterocycles. The zero-order valence-electron chi connectivity index (χ0n) is 11.1. The van der Waals surface area contributed by atoms with Crippen LogP contribution in [0.1, 0.15) is 32.8 Å². The van der Waals surface area contributed by atoms with Gasteiger partial charge in [0.2, 0.25) is 0 Å². The Balaban J connectivity index is 1.79. The zero-order valence-corrected chi connectivity index (χ0v) is 11.9. The number of fused-ring (bicyclic) bond motifs is 1. The average molecular weight is 249 g/mol. The zero-order chi connectivity index (χ0) is 12.3. The van der Waals surface area contributed by atoms with Crippen LogP contribution in [-0.4, -0.2) is 17.8 Å². The minimum absolute atomic E-state index is 0.603. The molecule has 17 heavy (non-hydrogen) atoms. The second-order valence-electron chi connectivity index (χ2n) is 5.46. The van der Waals surface area contributed by atoms with Crippen LogP contribution in [0.3, 0.4) is 0 Å². The molecule has 1 nitrogen and oxygen atoms in total. The molecule has 0 amide bonds. The van der Waals surface area contributed by atoms with Gasteiger partial charge in [-0.05, 0) is 36.9 Å². The van der Waals surface area contributed by atoms with Crippen LogP contribution in [0.5, 0.6) is 0 Å². The van der Waals surface area contributed by atoms with E-state index in [0.717, 1.165) is 17.7 Å². The summed E-state index contributed by atoms with van der Waals surface area (Å²) in [5.74, 6) is 0.768. The molecule has 94 valence electrons. The summed E-state index contributed by atoms with van der Waals surface area (Å²) >= 11 is 2.07. The largest absolute Gasteiger partial charge is 0.314 e. The minimum Gasteiger partial charge on any atom is -0.314 e. The first-order chi connectivity index (χ1) is 8.15. The summed E-state index contributed by atoms with van der Waals surface area (Å²) in [6.07, 6.45) is 2.58. The Bertz CT molecular complexity index is 337. The fourth-order valence-electron chi connectivity index (χ4n) is 2.35. The maximum Gasteiger partial charge on any atom is 0.0138 e. The molecule has 0 radical (unpaired) electrons. The third-order valence-corrected chi connectivity index (χ3v) is 4.60.